The first-order valence-electron chi connectivity index (χ1n) is 5.08. The van der Waals surface area contributed by atoms with Gasteiger partial charge in [-0.2, -0.15) is 0 Å². The highest BCUT2D eigenvalue weighted by molar-refractivity contribution is 5.29. The van der Waals surface area contributed by atoms with Crippen LogP contribution in [0, 0.1) is 18.6 Å². The Hall–Kier alpha value is -1.00. The van der Waals surface area contributed by atoms with Crippen molar-refractivity contribution in [3.05, 3.63) is 34.9 Å². The van der Waals surface area contributed by atoms with Gasteiger partial charge in [0.15, 0.2) is 0 Å². The van der Waals surface area contributed by atoms with Gasteiger partial charge in [0.2, 0.25) is 0 Å². The molecule has 2 nitrogen and oxygen atoms in total. The molecule has 1 aliphatic rings. The molecule has 1 fully saturated rings. The molecule has 0 amide bonds. The van der Waals surface area contributed by atoms with E-state index in [1.165, 1.54) is 12.1 Å². The monoisotopic (exact) mass is 212 g/mol. The smallest absolute Gasteiger partial charge is 0.133 e. The van der Waals surface area contributed by atoms with Crippen LogP contribution in [0.25, 0.3) is 0 Å². The number of nitrogens with one attached hydrogen (secondary N) is 2. The Morgan fingerprint density at radius 2 is 2.07 bits per heavy atom. The highest BCUT2D eigenvalue weighted by atomic mass is 19.1. The van der Waals surface area contributed by atoms with Gasteiger partial charge in [0.1, 0.15) is 11.6 Å². The predicted octanol–water partition coefficient (Wildman–Crippen LogP) is 1.51. The van der Waals surface area contributed by atoms with Crippen LogP contribution in [0.5, 0.6) is 0 Å². The van der Waals surface area contributed by atoms with Crippen molar-refractivity contribution in [2.45, 2.75) is 13.0 Å². The largest absolute Gasteiger partial charge is 0.314 e. The highest BCUT2D eigenvalue weighted by Crippen LogP contribution is 2.23. The number of hydrogen-bond donors (Lipinski definition) is 2. The third kappa shape index (κ3) is 2.01. The average Bonchev–Trinajstić information content (AvgIpc) is 2.26. The summed E-state index contributed by atoms with van der Waals surface area (Å²) in [6.45, 7) is 3.79. The molecule has 1 aromatic carbocycles. The summed E-state index contributed by atoms with van der Waals surface area (Å²) in [5.41, 5.74) is 0.640. The first-order valence-corrected chi connectivity index (χ1v) is 5.08. The molecule has 82 valence electrons. The van der Waals surface area contributed by atoms with Gasteiger partial charge in [-0.1, -0.05) is 6.07 Å². The first kappa shape index (κ1) is 10.5. The lowest BCUT2D eigenvalue weighted by Crippen LogP contribution is -2.43. The zero-order chi connectivity index (χ0) is 10.8. The van der Waals surface area contributed by atoms with Crippen molar-refractivity contribution in [2.75, 3.05) is 19.6 Å². The minimum atomic E-state index is -0.473. The van der Waals surface area contributed by atoms with Crippen LogP contribution in [0.15, 0.2) is 12.1 Å². The van der Waals surface area contributed by atoms with Crippen molar-refractivity contribution in [1.29, 1.82) is 0 Å². The van der Waals surface area contributed by atoms with E-state index in [1.54, 1.807) is 6.92 Å². The fraction of sp³-hybridized carbons (Fsp3) is 0.455. The highest BCUT2D eigenvalue weighted by Gasteiger charge is 2.22. The van der Waals surface area contributed by atoms with Crippen LogP contribution in [-0.2, 0) is 0 Å². The molecule has 0 unspecified atom stereocenters. The lowest BCUT2D eigenvalue weighted by molar-refractivity contribution is 0.400. The standard InChI is InChI=1S/C11H14F2N2/c1-7-2-3-8(12)10(11(7)13)9-6-14-4-5-15-9/h2-3,9,14-15H,4-6H2,1H3/t9-/m1/s1. The predicted molar refractivity (Wildman–Crippen MR) is 54.7 cm³/mol. The number of benzene rings is 1. The Balaban J connectivity index is 2.36. The molecule has 0 aromatic heterocycles. The van der Waals surface area contributed by atoms with Crippen LogP contribution < -0.4 is 10.6 Å². The third-order valence-electron chi connectivity index (χ3n) is 2.71. The normalized spacial score (nSPS) is 21.7. The molecule has 0 saturated carbocycles. The van der Waals surface area contributed by atoms with Crippen molar-refractivity contribution >= 4 is 0 Å². The quantitative estimate of drug-likeness (QED) is 0.737. The van der Waals surface area contributed by atoms with Crippen molar-refractivity contribution in [1.82, 2.24) is 10.6 Å². The Bertz CT molecular complexity index is 360. The van der Waals surface area contributed by atoms with Gasteiger partial charge < -0.3 is 10.6 Å². The zero-order valence-corrected chi connectivity index (χ0v) is 8.61. The van der Waals surface area contributed by atoms with Gasteiger partial charge in [0.25, 0.3) is 0 Å². The van der Waals surface area contributed by atoms with Crippen LogP contribution in [0.4, 0.5) is 8.78 Å². The molecule has 1 aliphatic heterocycles. The first-order chi connectivity index (χ1) is 7.20. The van der Waals surface area contributed by atoms with Gasteiger partial charge in [-0.15, -0.1) is 0 Å². The lowest BCUT2D eigenvalue weighted by atomic mass is 10.0. The Morgan fingerprint density at radius 3 is 2.73 bits per heavy atom. The SMILES string of the molecule is Cc1ccc(F)c([C@H]2CNCCN2)c1F. The lowest BCUT2D eigenvalue weighted by Gasteiger charge is -2.25. The van der Waals surface area contributed by atoms with Gasteiger partial charge in [0.05, 0.1) is 6.04 Å². The fourth-order valence-electron chi connectivity index (χ4n) is 1.86. The molecule has 4 heteroatoms. The maximum atomic E-state index is 13.7. The number of rotatable bonds is 1. The van der Waals surface area contributed by atoms with E-state index in [-0.39, 0.29) is 11.6 Å². The maximum absolute atomic E-state index is 13.7. The van der Waals surface area contributed by atoms with Crippen LogP contribution in [0.3, 0.4) is 0 Å². The van der Waals surface area contributed by atoms with E-state index in [9.17, 15) is 8.78 Å². The maximum Gasteiger partial charge on any atom is 0.133 e. The van der Waals surface area contributed by atoms with Gasteiger partial charge in [-0.25, -0.2) is 8.78 Å². The second-order valence-corrected chi connectivity index (χ2v) is 3.80. The molecule has 1 saturated heterocycles. The van der Waals surface area contributed by atoms with Crippen molar-refractivity contribution in [2.24, 2.45) is 0 Å². The Kier molecular flexibility index (Phi) is 2.98. The summed E-state index contributed by atoms with van der Waals surface area (Å²) in [7, 11) is 0. The van der Waals surface area contributed by atoms with E-state index in [2.05, 4.69) is 10.6 Å². The average molecular weight is 212 g/mol. The minimum Gasteiger partial charge on any atom is -0.314 e. The molecule has 0 bridgehead atoms. The second kappa shape index (κ2) is 4.24. The Labute approximate surface area is 87.7 Å². The van der Waals surface area contributed by atoms with Crippen LogP contribution in [-0.4, -0.2) is 19.6 Å². The van der Waals surface area contributed by atoms with E-state index in [0.29, 0.717) is 12.1 Å². The van der Waals surface area contributed by atoms with Gasteiger partial charge in [-0.05, 0) is 18.6 Å². The van der Waals surface area contributed by atoms with Crippen molar-refractivity contribution in [3.63, 3.8) is 0 Å². The van der Waals surface area contributed by atoms with Crippen molar-refractivity contribution in [3.8, 4) is 0 Å². The molecule has 0 spiro atoms. The molecular weight excluding hydrogens is 198 g/mol. The molecule has 15 heavy (non-hydrogen) atoms. The minimum absolute atomic E-state index is 0.155. The number of piperazine rings is 1. The van der Waals surface area contributed by atoms with E-state index < -0.39 is 11.6 Å². The number of halogens is 2. The molecule has 1 heterocycles. The number of hydrogen-bond acceptors (Lipinski definition) is 2. The van der Waals surface area contributed by atoms with E-state index in [4.69, 9.17) is 0 Å². The van der Waals surface area contributed by atoms with Crippen LogP contribution >= 0.6 is 0 Å². The van der Waals surface area contributed by atoms with Gasteiger partial charge >= 0.3 is 0 Å². The molecule has 0 aliphatic carbocycles. The summed E-state index contributed by atoms with van der Waals surface area (Å²) in [5.74, 6) is -0.907. The van der Waals surface area contributed by atoms with Crippen LogP contribution in [0.2, 0.25) is 0 Å². The van der Waals surface area contributed by atoms with E-state index in [1.807, 2.05) is 0 Å². The summed E-state index contributed by atoms with van der Waals surface area (Å²) in [6.07, 6.45) is 0. The molecule has 2 N–H and O–H groups in total. The van der Waals surface area contributed by atoms with Gasteiger partial charge in [0, 0.05) is 25.2 Å². The third-order valence-corrected chi connectivity index (χ3v) is 2.71. The summed E-state index contributed by atoms with van der Waals surface area (Å²) in [5, 5.41) is 6.21. The number of aryl methyl sites for hydroxylation is 1. The molecular formula is C11H14F2N2. The van der Waals surface area contributed by atoms with E-state index >= 15 is 0 Å². The fourth-order valence-corrected chi connectivity index (χ4v) is 1.86. The summed E-state index contributed by atoms with van der Waals surface area (Å²) in [6, 6.07) is 2.52. The van der Waals surface area contributed by atoms with Gasteiger partial charge in [-0.3, -0.25) is 0 Å². The summed E-state index contributed by atoms with van der Waals surface area (Å²) < 4.78 is 27.2. The molecule has 2 rings (SSSR count). The molecule has 1 aromatic rings. The second-order valence-electron chi connectivity index (χ2n) is 3.80. The van der Waals surface area contributed by atoms with Crippen LogP contribution in [0.1, 0.15) is 17.2 Å². The Morgan fingerprint density at radius 1 is 1.27 bits per heavy atom. The summed E-state index contributed by atoms with van der Waals surface area (Å²) >= 11 is 0. The van der Waals surface area contributed by atoms with E-state index in [0.717, 1.165) is 13.1 Å². The zero-order valence-electron chi connectivity index (χ0n) is 8.61. The molecule has 0 radical (unpaired) electrons. The molecule has 1 atom stereocenters. The van der Waals surface area contributed by atoms with Crippen molar-refractivity contribution < 1.29 is 8.78 Å². The topological polar surface area (TPSA) is 24.1 Å². The summed E-state index contributed by atoms with van der Waals surface area (Å²) in [4.78, 5) is 0.